The molecule has 0 bridgehead atoms. The summed E-state index contributed by atoms with van der Waals surface area (Å²) in [5.41, 5.74) is 3.31. The topological polar surface area (TPSA) is 62.1 Å². The van der Waals surface area contributed by atoms with Gasteiger partial charge in [-0.25, -0.2) is 0 Å². The summed E-state index contributed by atoms with van der Waals surface area (Å²) in [5, 5.41) is 9.76. The maximum Gasteiger partial charge on any atom is 0.196 e. The molecule has 0 aliphatic rings. The molecule has 4 aromatic rings. The largest absolute Gasteiger partial charge is 0.497 e. The SMILES string of the molecule is CCc1ccc(-n2c(SCCOc3ccc(OC)cc3)nnc2-c2ccncc2)cc1. The second-order valence-electron chi connectivity index (χ2n) is 6.77. The molecule has 31 heavy (non-hydrogen) atoms. The van der Waals surface area contributed by atoms with Crippen molar-refractivity contribution in [1.82, 2.24) is 19.7 Å². The van der Waals surface area contributed by atoms with Gasteiger partial charge in [0.25, 0.3) is 0 Å². The van der Waals surface area contributed by atoms with Gasteiger partial charge in [-0.05, 0) is 60.5 Å². The fourth-order valence-corrected chi connectivity index (χ4v) is 3.90. The number of ether oxygens (including phenoxy) is 2. The number of methoxy groups -OCH3 is 1. The van der Waals surface area contributed by atoms with Gasteiger partial charge in [-0.1, -0.05) is 30.8 Å². The van der Waals surface area contributed by atoms with Crippen molar-refractivity contribution in [2.45, 2.75) is 18.5 Å². The first-order chi connectivity index (χ1) is 15.3. The molecule has 0 amide bonds. The third kappa shape index (κ3) is 5.06. The summed E-state index contributed by atoms with van der Waals surface area (Å²) in [7, 11) is 1.65. The van der Waals surface area contributed by atoms with Crippen molar-refractivity contribution in [3.8, 4) is 28.6 Å². The number of nitrogens with zero attached hydrogens (tertiary/aromatic N) is 4. The molecular weight excluding hydrogens is 408 g/mol. The molecule has 6 nitrogen and oxygen atoms in total. The summed E-state index contributed by atoms with van der Waals surface area (Å²) >= 11 is 1.62. The Bertz CT molecular complexity index is 1100. The Labute approximate surface area is 186 Å². The maximum absolute atomic E-state index is 5.85. The average Bonchev–Trinajstić information content (AvgIpc) is 3.26. The van der Waals surface area contributed by atoms with Crippen LogP contribution in [-0.4, -0.2) is 39.2 Å². The molecule has 0 aliphatic heterocycles. The summed E-state index contributed by atoms with van der Waals surface area (Å²) in [6, 6.07) is 20.0. The van der Waals surface area contributed by atoms with Crippen molar-refractivity contribution in [2.75, 3.05) is 19.5 Å². The van der Waals surface area contributed by atoms with Gasteiger partial charge in [-0.2, -0.15) is 0 Å². The zero-order valence-corrected chi connectivity index (χ0v) is 18.4. The minimum Gasteiger partial charge on any atom is -0.497 e. The highest BCUT2D eigenvalue weighted by Gasteiger charge is 2.16. The van der Waals surface area contributed by atoms with Crippen molar-refractivity contribution < 1.29 is 9.47 Å². The standard InChI is InChI=1S/C24H24N4O2S/c1-3-18-4-6-20(7-5-18)28-23(19-12-14-25-15-13-19)26-27-24(28)31-17-16-30-22-10-8-21(29-2)9-11-22/h4-15H,3,16-17H2,1-2H3. The van der Waals surface area contributed by atoms with E-state index in [-0.39, 0.29) is 0 Å². The molecule has 0 radical (unpaired) electrons. The van der Waals surface area contributed by atoms with Crippen LogP contribution in [0.2, 0.25) is 0 Å². The summed E-state index contributed by atoms with van der Waals surface area (Å²) in [6.45, 7) is 2.71. The first-order valence-corrected chi connectivity index (χ1v) is 11.1. The van der Waals surface area contributed by atoms with Crippen LogP contribution in [0.25, 0.3) is 17.1 Å². The lowest BCUT2D eigenvalue weighted by Gasteiger charge is -2.11. The zero-order valence-electron chi connectivity index (χ0n) is 17.6. The fraction of sp³-hybridized carbons (Fsp3) is 0.208. The minimum absolute atomic E-state index is 0.559. The second kappa shape index (κ2) is 10.1. The number of hydrogen-bond acceptors (Lipinski definition) is 6. The van der Waals surface area contributed by atoms with Crippen LogP contribution in [0.1, 0.15) is 12.5 Å². The van der Waals surface area contributed by atoms with Crippen molar-refractivity contribution in [3.63, 3.8) is 0 Å². The summed E-state index contributed by atoms with van der Waals surface area (Å²) in [4.78, 5) is 4.12. The first kappa shape index (κ1) is 20.9. The monoisotopic (exact) mass is 432 g/mol. The Hall–Kier alpha value is -3.32. The van der Waals surface area contributed by atoms with E-state index in [9.17, 15) is 0 Å². The summed E-state index contributed by atoms with van der Waals surface area (Å²) in [5.74, 6) is 3.17. The summed E-state index contributed by atoms with van der Waals surface area (Å²) in [6.07, 6.45) is 4.54. The van der Waals surface area contributed by atoms with Gasteiger partial charge in [-0.15, -0.1) is 10.2 Å². The number of rotatable bonds is 9. The molecule has 0 aliphatic carbocycles. The van der Waals surface area contributed by atoms with Crippen LogP contribution in [0.4, 0.5) is 0 Å². The molecule has 0 spiro atoms. The van der Waals surface area contributed by atoms with Gasteiger partial charge in [0, 0.05) is 29.4 Å². The molecular formula is C24H24N4O2S. The fourth-order valence-electron chi connectivity index (χ4n) is 3.13. The van der Waals surface area contributed by atoms with Gasteiger partial charge in [-0.3, -0.25) is 9.55 Å². The Balaban J connectivity index is 1.51. The molecule has 0 saturated heterocycles. The molecule has 0 saturated carbocycles. The Morgan fingerprint density at radius 3 is 2.26 bits per heavy atom. The van der Waals surface area contributed by atoms with E-state index in [1.165, 1.54) is 5.56 Å². The van der Waals surface area contributed by atoms with Crippen LogP contribution in [0.15, 0.2) is 78.2 Å². The van der Waals surface area contributed by atoms with Crippen molar-refractivity contribution in [3.05, 3.63) is 78.6 Å². The van der Waals surface area contributed by atoms with Gasteiger partial charge in [0.05, 0.1) is 13.7 Å². The molecule has 7 heteroatoms. The highest BCUT2D eigenvalue weighted by Crippen LogP contribution is 2.28. The van der Waals surface area contributed by atoms with E-state index in [0.717, 1.165) is 45.9 Å². The van der Waals surface area contributed by atoms with Crippen molar-refractivity contribution in [1.29, 1.82) is 0 Å². The quantitative estimate of drug-likeness (QED) is 0.272. The number of hydrogen-bond donors (Lipinski definition) is 0. The van der Waals surface area contributed by atoms with Crippen molar-refractivity contribution >= 4 is 11.8 Å². The van der Waals surface area contributed by atoms with Gasteiger partial charge >= 0.3 is 0 Å². The van der Waals surface area contributed by atoms with Gasteiger partial charge in [0.1, 0.15) is 11.5 Å². The molecule has 2 aromatic heterocycles. The highest BCUT2D eigenvalue weighted by atomic mass is 32.2. The Morgan fingerprint density at radius 1 is 0.871 bits per heavy atom. The van der Waals surface area contributed by atoms with Crippen LogP contribution in [-0.2, 0) is 6.42 Å². The first-order valence-electron chi connectivity index (χ1n) is 10.1. The molecule has 2 heterocycles. The van der Waals surface area contributed by atoms with Gasteiger partial charge in [0.15, 0.2) is 11.0 Å². The Kier molecular flexibility index (Phi) is 6.84. The molecule has 0 N–H and O–H groups in total. The number of benzene rings is 2. The van der Waals surface area contributed by atoms with Crippen LogP contribution < -0.4 is 9.47 Å². The highest BCUT2D eigenvalue weighted by molar-refractivity contribution is 7.99. The van der Waals surface area contributed by atoms with Crippen LogP contribution in [0.3, 0.4) is 0 Å². The van der Waals surface area contributed by atoms with E-state index in [4.69, 9.17) is 9.47 Å². The van der Waals surface area contributed by atoms with E-state index in [1.54, 1.807) is 31.3 Å². The van der Waals surface area contributed by atoms with Crippen LogP contribution >= 0.6 is 11.8 Å². The molecule has 0 unspecified atom stereocenters. The maximum atomic E-state index is 5.85. The predicted molar refractivity (Wildman–Crippen MR) is 123 cm³/mol. The molecule has 158 valence electrons. The lowest BCUT2D eigenvalue weighted by molar-refractivity contribution is 0.342. The van der Waals surface area contributed by atoms with E-state index in [2.05, 4.69) is 50.9 Å². The number of aromatic nitrogens is 4. The molecule has 0 fully saturated rings. The van der Waals surface area contributed by atoms with Crippen molar-refractivity contribution in [2.24, 2.45) is 0 Å². The lowest BCUT2D eigenvalue weighted by Crippen LogP contribution is -2.03. The normalized spacial score (nSPS) is 10.8. The third-order valence-corrected chi connectivity index (χ3v) is 5.71. The number of pyridine rings is 1. The molecule has 0 atom stereocenters. The molecule has 2 aromatic carbocycles. The smallest absolute Gasteiger partial charge is 0.196 e. The van der Waals surface area contributed by atoms with Crippen LogP contribution in [0.5, 0.6) is 11.5 Å². The van der Waals surface area contributed by atoms with E-state index >= 15 is 0 Å². The predicted octanol–water partition coefficient (Wildman–Crippen LogP) is 5.07. The van der Waals surface area contributed by atoms with Crippen LogP contribution in [0, 0.1) is 0 Å². The number of aryl methyl sites for hydroxylation is 1. The van der Waals surface area contributed by atoms with E-state index in [0.29, 0.717) is 6.61 Å². The Morgan fingerprint density at radius 2 is 1.58 bits per heavy atom. The summed E-state index contributed by atoms with van der Waals surface area (Å²) < 4.78 is 13.1. The second-order valence-corrected chi connectivity index (χ2v) is 7.83. The third-order valence-electron chi connectivity index (χ3n) is 4.82. The lowest BCUT2D eigenvalue weighted by atomic mass is 10.1. The minimum atomic E-state index is 0.559. The van der Waals surface area contributed by atoms with Gasteiger partial charge < -0.3 is 9.47 Å². The average molecular weight is 433 g/mol. The number of thioether (sulfide) groups is 1. The van der Waals surface area contributed by atoms with Gasteiger partial charge in [0.2, 0.25) is 0 Å². The molecule has 4 rings (SSSR count). The van der Waals surface area contributed by atoms with E-state index in [1.807, 2.05) is 36.4 Å². The van der Waals surface area contributed by atoms with E-state index < -0.39 is 0 Å². The zero-order chi connectivity index (χ0) is 21.5.